The van der Waals surface area contributed by atoms with Crippen LogP contribution >= 0.6 is 11.3 Å². The van der Waals surface area contributed by atoms with Gasteiger partial charge in [-0.25, -0.2) is 4.98 Å². The van der Waals surface area contributed by atoms with E-state index >= 15 is 0 Å². The monoisotopic (exact) mass is 251 g/mol. The van der Waals surface area contributed by atoms with Gasteiger partial charge in [-0.15, -0.1) is 0 Å². The number of aromatic nitrogens is 3. The quantitative estimate of drug-likeness (QED) is 0.837. The number of rotatable bonds is 3. The van der Waals surface area contributed by atoms with E-state index in [2.05, 4.69) is 10.1 Å². The number of halogens is 3. The number of hydrogen-bond donors (Lipinski definition) is 0. The van der Waals surface area contributed by atoms with Crippen LogP contribution in [0.15, 0.2) is 6.20 Å². The summed E-state index contributed by atoms with van der Waals surface area (Å²) >= 11 is 1.13. The highest BCUT2D eigenvalue weighted by Crippen LogP contribution is 2.30. The lowest BCUT2D eigenvalue weighted by atomic mass is 10.5. The third-order valence-electron chi connectivity index (χ3n) is 1.94. The molecular formula is C8H8F3N3OS. The van der Waals surface area contributed by atoms with Crippen molar-refractivity contribution in [2.24, 2.45) is 0 Å². The topological polar surface area (TPSA) is 39.4 Å². The molecule has 0 aliphatic rings. The smallest absolute Gasteiger partial charge is 0.384 e. The third-order valence-corrected chi connectivity index (χ3v) is 2.92. The molecule has 0 aliphatic heterocycles. The number of hydrogen-bond acceptors (Lipinski definition) is 4. The van der Waals surface area contributed by atoms with E-state index in [0.717, 1.165) is 22.0 Å². The number of fused-ring (bicyclic) bond motifs is 1. The highest BCUT2D eigenvalue weighted by molar-refractivity contribution is 7.16. The van der Waals surface area contributed by atoms with Crippen LogP contribution in [-0.2, 0) is 17.3 Å². The first kappa shape index (κ1) is 11.3. The molecule has 2 rings (SSSR count). The Kier molecular flexibility index (Phi) is 2.85. The van der Waals surface area contributed by atoms with E-state index in [1.807, 2.05) is 0 Å². The first-order valence-electron chi connectivity index (χ1n) is 4.42. The Morgan fingerprint density at radius 1 is 1.50 bits per heavy atom. The zero-order valence-corrected chi connectivity index (χ0v) is 9.10. The standard InChI is InChI=1S/C8H8F3N3OS/c1-15-3-2-6-13-14-5(8(9,10)11)4-12-7(14)16-6/h4H,2-3H2,1H3. The second-order valence-electron chi connectivity index (χ2n) is 3.07. The minimum Gasteiger partial charge on any atom is -0.384 e. The molecule has 0 N–H and O–H groups in total. The summed E-state index contributed by atoms with van der Waals surface area (Å²) in [6, 6.07) is 0. The van der Waals surface area contributed by atoms with Crippen molar-refractivity contribution in [3.05, 3.63) is 16.9 Å². The number of alkyl halides is 3. The van der Waals surface area contributed by atoms with Crippen molar-refractivity contribution in [2.45, 2.75) is 12.6 Å². The van der Waals surface area contributed by atoms with Gasteiger partial charge < -0.3 is 4.74 Å². The molecule has 0 atom stereocenters. The fraction of sp³-hybridized carbons (Fsp3) is 0.500. The first-order valence-corrected chi connectivity index (χ1v) is 5.23. The SMILES string of the molecule is COCCc1nn2c(C(F)(F)F)cnc2s1. The summed E-state index contributed by atoms with van der Waals surface area (Å²) in [6.45, 7) is 0.429. The summed E-state index contributed by atoms with van der Waals surface area (Å²) in [5, 5.41) is 4.43. The molecular weight excluding hydrogens is 243 g/mol. The molecule has 2 aromatic rings. The molecule has 0 aliphatic carbocycles. The van der Waals surface area contributed by atoms with E-state index in [1.165, 1.54) is 7.11 Å². The van der Waals surface area contributed by atoms with E-state index in [0.29, 0.717) is 18.0 Å². The molecule has 2 aromatic heterocycles. The minimum atomic E-state index is -4.42. The average molecular weight is 251 g/mol. The van der Waals surface area contributed by atoms with Gasteiger partial charge in [0.1, 0.15) is 5.01 Å². The Hall–Kier alpha value is -1.15. The predicted molar refractivity (Wildman–Crippen MR) is 51.4 cm³/mol. The molecule has 0 fully saturated rings. The van der Waals surface area contributed by atoms with E-state index in [9.17, 15) is 13.2 Å². The van der Waals surface area contributed by atoms with Gasteiger partial charge in [0.2, 0.25) is 4.96 Å². The summed E-state index contributed by atoms with van der Waals surface area (Å²) < 4.78 is 43.1. The Bertz CT molecular complexity index is 490. The van der Waals surface area contributed by atoms with Gasteiger partial charge in [0.15, 0.2) is 5.69 Å². The molecule has 4 nitrogen and oxygen atoms in total. The van der Waals surface area contributed by atoms with Gasteiger partial charge in [-0.05, 0) is 0 Å². The predicted octanol–water partition coefficient (Wildman–Crippen LogP) is 2.00. The molecule has 16 heavy (non-hydrogen) atoms. The molecule has 0 unspecified atom stereocenters. The molecule has 8 heteroatoms. The van der Waals surface area contributed by atoms with Crippen molar-refractivity contribution >= 4 is 16.3 Å². The fourth-order valence-corrected chi connectivity index (χ4v) is 2.07. The summed E-state index contributed by atoms with van der Waals surface area (Å²) in [4.78, 5) is 3.92. The molecule has 0 spiro atoms. The minimum absolute atomic E-state index is 0.249. The molecule has 0 amide bonds. The van der Waals surface area contributed by atoms with Gasteiger partial charge in [0.05, 0.1) is 12.8 Å². The van der Waals surface area contributed by atoms with Crippen molar-refractivity contribution < 1.29 is 17.9 Å². The van der Waals surface area contributed by atoms with E-state index in [1.54, 1.807) is 0 Å². The highest BCUT2D eigenvalue weighted by Gasteiger charge is 2.35. The molecule has 0 bridgehead atoms. The maximum Gasteiger partial charge on any atom is 0.435 e. The van der Waals surface area contributed by atoms with Gasteiger partial charge in [-0.3, -0.25) is 0 Å². The van der Waals surface area contributed by atoms with Crippen LogP contribution < -0.4 is 0 Å². The van der Waals surface area contributed by atoms with Crippen molar-refractivity contribution in [1.29, 1.82) is 0 Å². The van der Waals surface area contributed by atoms with Crippen LogP contribution in [-0.4, -0.2) is 28.3 Å². The molecule has 88 valence electrons. The van der Waals surface area contributed by atoms with E-state index in [-0.39, 0.29) is 4.96 Å². The van der Waals surface area contributed by atoms with Crippen LogP contribution in [0.2, 0.25) is 0 Å². The van der Waals surface area contributed by atoms with Crippen molar-refractivity contribution in [2.75, 3.05) is 13.7 Å². The van der Waals surface area contributed by atoms with Crippen LogP contribution in [0.25, 0.3) is 4.96 Å². The molecule has 0 saturated heterocycles. The summed E-state index contributed by atoms with van der Waals surface area (Å²) in [5.74, 6) is 0. The molecule has 0 radical (unpaired) electrons. The lowest BCUT2D eigenvalue weighted by Crippen LogP contribution is -2.09. The van der Waals surface area contributed by atoms with Crippen molar-refractivity contribution in [3.8, 4) is 0 Å². The average Bonchev–Trinajstić information content (AvgIpc) is 2.70. The maximum absolute atomic E-state index is 12.5. The zero-order valence-electron chi connectivity index (χ0n) is 8.28. The molecule has 0 aromatic carbocycles. The number of ether oxygens (including phenoxy) is 1. The lowest BCUT2D eigenvalue weighted by Gasteiger charge is -2.01. The number of nitrogens with zero attached hydrogens (tertiary/aromatic N) is 3. The second kappa shape index (κ2) is 4.02. The number of imidazole rings is 1. The van der Waals surface area contributed by atoms with Crippen molar-refractivity contribution in [3.63, 3.8) is 0 Å². The Balaban J connectivity index is 2.36. The van der Waals surface area contributed by atoms with Crippen LogP contribution in [0, 0.1) is 0 Å². The maximum atomic E-state index is 12.5. The molecule has 2 heterocycles. The zero-order chi connectivity index (χ0) is 11.8. The Morgan fingerprint density at radius 2 is 2.25 bits per heavy atom. The second-order valence-corrected chi connectivity index (χ2v) is 4.11. The van der Waals surface area contributed by atoms with Gasteiger partial charge in [0.25, 0.3) is 0 Å². The summed E-state index contributed by atoms with van der Waals surface area (Å²) in [6.07, 6.45) is -3.15. The fourth-order valence-electron chi connectivity index (χ4n) is 1.22. The van der Waals surface area contributed by atoms with Gasteiger partial charge in [-0.2, -0.15) is 22.8 Å². The van der Waals surface area contributed by atoms with Crippen LogP contribution in [0.1, 0.15) is 10.7 Å². The lowest BCUT2D eigenvalue weighted by molar-refractivity contribution is -0.142. The Morgan fingerprint density at radius 3 is 2.88 bits per heavy atom. The molecule has 0 saturated carbocycles. The highest BCUT2D eigenvalue weighted by atomic mass is 32.1. The largest absolute Gasteiger partial charge is 0.435 e. The van der Waals surface area contributed by atoms with Crippen LogP contribution in [0.4, 0.5) is 13.2 Å². The number of methoxy groups -OCH3 is 1. The van der Waals surface area contributed by atoms with Gasteiger partial charge >= 0.3 is 6.18 Å². The van der Waals surface area contributed by atoms with Crippen molar-refractivity contribution in [1.82, 2.24) is 14.6 Å². The third kappa shape index (κ3) is 2.03. The Labute approximate surface area is 92.7 Å². The van der Waals surface area contributed by atoms with Gasteiger partial charge in [-0.1, -0.05) is 11.3 Å². The van der Waals surface area contributed by atoms with Crippen LogP contribution in [0.5, 0.6) is 0 Å². The summed E-state index contributed by atoms with van der Waals surface area (Å²) in [7, 11) is 1.53. The van der Waals surface area contributed by atoms with Gasteiger partial charge in [0, 0.05) is 13.5 Å². The van der Waals surface area contributed by atoms with E-state index < -0.39 is 11.9 Å². The van der Waals surface area contributed by atoms with E-state index in [4.69, 9.17) is 4.74 Å². The first-order chi connectivity index (χ1) is 7.52. The summed E-state index contributed by atoms with van der Waals surface area (Å²) in [5.41, 5.74) is -0.845. The van der Waals surface area contributed by atoms with Crippen LogP contribution in [0.3, 0.4) is 0 Å². The normalized spacial score (nSPS) is 12.5.